The molecule has 7 nitrogen and oxygen atoms in total. The van der Waals surface area contributed by atoms with Crippen LogP contribution in [0.25, 0.3) is 11.4 Å². The summed E-state index contributed by atoms with van der Waals surface area (Å²) in [5, 5.41) is 15.3. The summed E-state index contributed by atoms with van der Waals surface area (Å²) in [6.07, 6.45) is 5.83. The number of hydrogen-bond acceptors (Lipinski definition) is 5. The highest BCUT2D eigenvalue weighted by atomic mass is 16.5. The van der Waals surface area contributed by atoms with E-state index in [1.54, 1.807) is 13.0 Å². The van der Waals surface area contributed by atoms with Crippen LogP contribution in [0.3, 0.4) is 0 Å². The van der Waals surface area contributed by atoms with Crippen molar-refractivity contribution in [2.75, 3.05) is 5.32 Å². The number of amides is 1. The molecule has 0 saturated carbocycles. The highest BCUT2D eigenvalue weighted by molar-refractivity contribution is 6.02. The second kappa shape index (κ2) is 7.11. The molecule has 0 aliphatic carbocycles. The molecule has 0 bridgehead atoms. The van der Waals surface area contributed by atoms with Crippen LogP contribution in [0.1, 0.15) is 47.8 Å². The van der Waals surface area contributed by atoms with Crippen LogP contribution in [0, 0.1) is 6.92 Å². The number of rotatable bonds is 3. The van der Waals surface area contributed by atoms with Gasteiger partial charge in [0.05, 0.1) is 5.69 Å². The maximum atomic E-state index is 12.1. The van der Waals surface area contributed by atoms with Gasteiger partial charge in [0.2, 0.25) is 5.76 Å². The minimum absolute atomic E-state index is 0.199. The van der Waals surface area contributed by atoms with Crippen molar-refractivity contribution in [2.24, 2.45) is 0 Å². The molecule has 3 heterocycles. The van der Waals surface area contributed by atoms with E-state index in [0.717, 1.165) is 36.6 Å². The Morgan fingerprint density at radius 2 is 1.92 bits per heavy atom. The van der Waals surface area contributed by atoms with E-state index in [1.165, 1.54) is 19.3 Å². The molecule has 0 atom stereocenters. The number of anilines is 1. The van der Waals surface area contributed by atoms with Crippen molar-refractivity contribution in [3.63, 3.8) is 0 Å². The number of benzene rings is 1. The van der Waals surface area contributed by atoms with Gasteiger partial charge in [0.1, 0.15) is 5.82 Å². The Bertz CT molecular complexity index is 910. The Morgan fingerprint density at radius 1 is 1.12 bits per heavy atom. The zero-order chi connectivity index (χ0) is 17.9. The van der Waals surface area contributed by atoms with E-state index in [4.69, 9.17) is 4.52 Å². The van der Waals surface area contributed by atoms with Crippen molar-refractivity contribution in [1.29, 1.82) is 0 Å². The molecule has 1 N–H and O–H groups in total. The molecule has 134 valence electrons. The molecule has 4 rings (SSSR count). The largest absolute Gasteiger partial charge is 0.351 e. The van der Waals surface area contributed by atoms with E-state index in [2.05, 4.69) is 25.2 Å². The number of hydrogen-bond donors (Lipinski definition) is 1. The Morgan fingerprint density at radius 3 is 2.69 bits per heavy atom. The summed E-state index contributed by atoms with van der Waals surface area (Å²) in [4.78, 5) is 12.1. The Labute approximate surface area is 151 Å². The SMILES string of the molecule is Cc1cc(C(=O)Nc2ccc(-c3nnc4n3CCCCCC4)cc2)on1. The number of carbonyl (C=O) groups excluding carboxylic acids is 1. The predicted octanol–water partition coefficient (Wildman–Crippen LogP) is 3.61. The van der Waals surface area contributed by atoms with Gasteiger partial charge in [-0.2, -0.15) is 0 Å². The summed E-state index contributed by atoms with van der Waals surface area (Å²) >= 11 is 0. The van der Waals surface area contributed by atoms with Crippen LogP contribution in [0.5, 0.6) is 0 Å². The van der Waals surface area contributed by atoms with Gasteiger partial charge in [-0.3, -0.25) is 4.79 Å². The van der Waals surface area contributed by atoms with Gasteiger partial charge in [0.25, 0.3) is 5.91 Å². The monoisotopic (exact) mass is 351 g/mol. The first kappa shape index (κ1) is 16.5. The molecular formula is C19H21N5O2. The van der Waals surface area contributed by atoms with Gasteiger partial charge in [0, 0.05) is 30.3 Å². The third-order valence-electron chi connectivity index (χ3n) is 4.61. The smallest absolute Gasteiger partial charge is 0.294 e. The summed E-state index contributed by atoms with van der Waals surface area (Å²) in [6.45, 7) is 2.74. The lowest BCUT2D eigenvalue weighted by atomic mass is 10.1. The van der Waals surface area contributed by atoms with Crippen molar-refractivity contribution >= 4 is 11.6 Å². The lowest BCUT2D eigenvalue weighted by molar-refractivity contribution is 0.0988. The molecule has 1 amide bonds. The first-order valence-electron chi connectivity index (χ1n) is 8.98. The number of aryl methyl sites for hydroxylation is 2. The van der Waals surface area contributed by atoms with Gasteiger partial charge >= 0.3 is 0 Å². The molecule has 0 radical (unpaired) electrons. The first-order valence-corrected chi connectivity index (χ1v) is 8.98. The topological polar surface area (TPSA) is 85.8 Å². The Balaban J connectivity index is 1.52. The number of carbonyl (C=O) groups is 1. The lowest BCUT2D eigenvalue weighted by Crippen LogP contribution is -2.11. The second-order valence-electron chi connectivity index (χ2n) is 6.62. The van der Waals surface area contributed by atoms with Gasteiger partial charge in [-0.1, -0.05) is 18.0 Å². The average molecular weight is 351 g/mol. The van der Waals surface area contributed by atoms with Crippen molar-refractivity contribution in [1.82, 2.24) is 19.9 Å². The summed E-state index contributed by atoms with van der Waals surface area (Å²) in [6, 6.07) is 9.24. The molecule has 7 heteroatoms. The summed E-state index contributed by atoms with van der Waals surface area (Å²) in [5.41, 5.74) is 2.37. The number of fused-ring (bicyclic) bond motifs is 1. The van der Waals surface area contributed by atoms with Gasteiger partial charge in [-0.05, 0) is 44.0 Å². The van der Waals surface area contributed by atoms with E-state index in [-0.39, 0.29) is 11.7 Å². The third-order valence-corrected chi connectivity index (χ3v) is 4.61. The molecule has 1 aliphatic rings. The van der Waals surface area contributed by atoms with Gasteiger partial charge < -0.3 is 14.4 Å². The zero-order valence-electron chi connectivity index (χ0n) is 14.7. The van der Waals surface area contributed by atoms with Crippen LogP contribution in [0.2, 0.25) is 0 Å². The maximum Gasteiger partial charge on any atom is 0.294 e. The van der Waals surface area contributed by atoms with Crippen LogP contribution in [0.15, 0.2) is 34.9 Å². The summed E-state index contributed by atoms with van der Waals surface area (Å²) < 4.78 is 7.21. The first-order chi connectivity index (χ1) is 12.7. The quantitative estimate of drug-likeness (QED) is 0.779. The van der Waals surface area contributed by atoms with Crippen molar-refractivity contribution < 1.29 is 9.32 Å². The van der Waals surface area contributed by atoms with E-state index in [9.17, 15) is 4.79 Å². The molecule has 1 aromatic carbocycles. The number of nitrogens with one attached hydrogen (secondary N) is 1. The molecule has 26 heavy (non-hydrogen) atoms. The fourth-order valence-electron chi connectivity index (χ4n) is 3.24. The zero-order valence-corrected chi connectivity index (χ0v) is 14.7. The van der Waals surface area contributed by atoms with E-state index in [0.29, 0.717) is 11.4 Å². The number of aromatic nitrogens is 4. The third kappa shape index (κ3) is 3.37. The lowest BCUT2D eigenvalue weighted by Gasteiger charge is -2.13. The van der Waals surface area contributed by atoms with Gasteiger partial charge in [-0.25, -0.2) is 0 Å². The highest BCUT2D eigenvalue weighted by Gasteiger charge is 2.16. The molecule has 0 fully saturated rings. The molecule has 0 spiro atoms. The molecular weight excluding hydrogens is 330 g/mol. The van der Waals surface area contributed by atoms with Crippen LogP contribution in [-0.2, 0) is 13.0 Å². The van der Waals surface area contributed by atoms with E-state index in [1.807, 2.05) is 24.3 Å². The van der Waals surface area contributed by atoms with Crippen LogP contribution < -0.4 is 5.32 Å². The summed E-state index contributed by atoms with van der Waals surface area (Å²) in [5.74, 6) is 1.85. The van der Waals surface area contributed by atoms with E-state index < -0.39 is 0 Å². The molecule has 0 saturated heterocycles. The molecule has 1 aliphatic heterocycles. The predicted molar refractivity (Wildman–Crippen MR) is 96.8 cm³/mol. The fraction of sp³-hybridized carbons (Fsp3) is 0.368. The Hall–Kier alpha value is -2.96. The fourth-order valence-corrected chi connectivity index (χ4v) is 3.24. The van der Waals surface area contributed by atoms with Crippen LogP contribution in [0.4, 0.5) is 5.69 Å². The second-order valence-corrected chi connectivity index (χ2v) is 6.62. The van der Waals surface area contributed by atoms with Crippen LogP contribution >= 0.6 is 0 Å². The highest BCUT2D eigenvalue weighted by Crippen LogP contribution is 2.24. The van der Waals surface area contributed by atoms with Crippen molar-refractivity contribution in [3.8, 4) is 11.4 Å². The standard InChI is InChI=1S/C19H21N5O2/c1-13-12-16(26-23-13)19(25)20-15-9-7-14(8-10-15)18-22-21-17-6-4-2-3-5-11-24(17)18/h7-10,12H,2-6,11H2,1H3,(H,20,25). The maximum absolute atomic E-state index is 12.1. The normalized spacial score (nSPS) is 14.3. The van der Waals surface area contributed by atoms with Crippen molar-refractivity contribution in [2.45, 2.75) is 45.6 Å². The van der Waals surface area contributed by atoms with Crippen LogP contribution in [-0.4, -0.2) is 25.8 Å². The minimum Gasteiger partial charge on any atom is -0.351 e. The van der Waals surface area contributed by atoms with Crippen molar-refractivity contribution in [3.05, 3.63) is 47.6 Å². The van der Waals surface area contributed by atoms with Gasteiger partial charge in [-0.15, -0.1) is 10.2 Å². The number of nitrogens with zero attached hydrogens (tertiary/aromatic N) is 4. The minimum atomic E-state index is -0.314. The molecule has 2 aromatic heterocycles. The molecule has 0 unspecified atom stereocenters. The molecule has 3 aromatic rings. The van der Waals surface area contributed by atoms with E-state index >= 15 is 0 Å². The average Bonchev–Trinajstić information content (AvgIpc) is 3.22. The Kier molecular flexibility index (Phi) is 4.51. The van der Waals surface area contributed by atoms with Gasteiger partial charge in [0.15, 0.2) is 5.82 Å². The summed E-state index contributed by atoms with van der Waals surface area (Å²) in [7, 11) is 0.